The fraction of sp³-hybridized carbons (Fsp3) is 0.320. The third-order valence-corrected chi connectivity index (χ3v) is 6.41. The Labute approximate surface area is 222 Å². The minimum absolute atomic E-state index is 0.240. The van der Waals surface area contributed by atoms with Gasteiger partial charge < -0.3 is 19.5 Å². The fourth-order valence-electron chi connectivity index (χ4n) is 3.21. The van der Waals surface area contributed by atoms with E-state index in [1.54, 1.807) is 36.4 Å². The molecule has 1 N–H and O–H groups in total. The molecule has 186 valence electrons. The molecular formula is C25H27IN2O6S. The predicted molar refractivity (Wildman–Crippen MR) is 145 cm³/mol. The van der Waals surface area contributed by atoms with Gasteiger partial charge in [-0.15, -0.1) is 0 Å². The number of rotatable bonds is 11. The highest BCUT2D eigenvalue weighted by Gasteiger charge is 2.36. The molecule has 8 nitrogen and oxygen atoms in total. The largest absolute Gasteiger partial charge is 0.494 e. The topological polar surface area (TPSA) is 94.2 Å². The molecule has 0 unspecified atom stereocenters. The smallest absolute Gasteiger partial charge is 0.294 e. The number of carbonyl (C=O) groups excluding carboxylic acids is 3. The first-order valence-corrected chi connectivity index (χ1v) is 13.1. The van der Waals surface area contributed by atoms with E-state index in [0.717, 1.165) is 26.7 Å². The molecule has 1 saturated heterocycles. The lowest BCUT2D eigenvalue weighted by Gasteiger charge is -2.14. The van der Waals surface area contributed by atoms with Crippen molar-refractivity contribution in [2.24, 2.45) is 0 Å². The molecular weight excluding hydrogens is 583 g/mol. The van der Waals surface area contributed by atoms with E-state index in [2.05, 4.69) is 27.9 Å². The summed E-state index contributed by atoms with van der Waals surface area (Å²) in [5.74, 6) is 0.941. The number of thioether (sulfide) groups is 1. The molecule has 3 amide bonds. The molecule has 1 aliphatic heterocycles. The van der Waals surface area contributed by atoms with E-state index in [0.29, 0.717) is 48.3 Å². The number of carbonyl (C=O) groups is 3. The summed E-state index contributed by atoms with van der Waals surface area (Å²) in [6.45, 7) is 6.98. The van der Waals surface area contributed by atoms with E-state index in [-0.39, 0.29) is 11.4 Å². The van der Waals surface area contributed by atoms with Crippen LogP contribution in [0.1, 0.15) is 32.8 Å². The van der Waals surface area contributed by atoms with Crippen LogP contribution in [0.15, 0.2) is 41.3 Å². The zero-order valence-corrected chi connectivity index (χ0v) is 22.7. The summed E-state index contributed by atoms with van der Waals surface area (Å²) in [6.07, 6.45) is 2.49. The average molecular weight is 610 g/mol. The van der Waals surface area contributed by atoms with Gasteiger partial charge in [0.05, 0.1) is 28.3 Å². The Balaban J connectivity index is 1.71. The fourth-order valence-corrected chi connectivity index (χ4v) is 4.83. The quantitative estimate of drug-likeness (QED) is 0.263. The van der Waals surface area contributed by atoms with Gasteiger partial charge in [0, 0.05) is 5.69 Å². The Morgan fingerprint density at radius 1 is 1.06 bits per heavy atom. The molecule has 1 heterocycles. The molecule has 0 radical (unpaired) electrons. The highest BCUT2D eigenvalue weighted by Crippen LogP contribution is 2.37. The Morgan fingerprint density at radius 3 is 2.43 bits per heavy atom. The molecule has 1 aliphatic rings. The highest BCUT2D eigenvalue weighted by molar-refractivity contribution is 14.1. The maximum absolute atomic E-state index is 12.9. The average Bonchev–Trinajstić information content (AvgIpc) is 3.07. The zero-order chi connectivity index (χ0) is 25.4. The molecule has 2 aromatic carbocycles. The Hall–Kier alpha value is -2.73. The van der Waals surface area contributed by atoms with Crippen molar-refractivity contribution in [1.82, 2.24) is 4.90 Å². The van der Waals surface area contributed by atoms with Crippen molar-refractivity contribution in [1.29, 1.82) is 0 Å². The molecule has 0 spiro atoms. The predicted octanol–water partition coefficient (Wildman–Crippen LogP) is 5.55. The molecule has 0 saturated carbocycles. The number of ether oxygens (including phenoxy) is 3. The van der Waals surface area contributed by atoms with Gasteiger partial charge in [-0.2, -0.15) is 0 Å². The second-order valence-electron chi connectivity index (χ2n) is 7.38. The first-order valence-electron chi connectivity index (χ1n) is 11.2. The van der Waals surface area contributed by atoms with E-state index in [1.807, 2.05) is 26.8 Å². The van der Waals surface area contributed by atoms with Gasteiger partial charge in [0.25, 0.3) is 11.1 Å². The van der Waals surface area contributed by atoms with Crippen molar-refractivity contribution in [2.45, 2.75) is 27.2 Å². The summed E-state index contributed by atoms with van der Waals surface area (Å²) >= 11 is 2.96. The lowest BCUT2D eigenvalue weighted by molar-refractivity contribution is -0.127. The molecule has 0 aromatic heterocycles. The van der Waals surface area contributed by atoms with Gasteiger partial charge in [0.2, 0.25) is 5.91 Å². The van der Waals surface area contributed by atoms with Crippen molar-refractivity contribution in [3.8, 4) is 17.2 Å². The van der Waals surface area contributed by atoms with Crippen LogP contribution in [0.4, 0.5) is 10.5 Å². The number of hydrogen-bond acceptors (Lipinski definition) is 7. The van der Waals surface area contributed by atoms with E-state index in [4.69, 9.17) is 14.2 Å². The van der Waals surface area contributed by atoms with Crippen LogP contribution in [0, 0.1) is 3.57 Å². The van der Waals surface area contributed by atoms with Crippen LogP contribution in [0.2, 0.25) is 0 Å². The lowest BCUT2D eigenvalue weighted by Crippen LogP contribution is -2.36. The van der Waals surface area contributed by atoms with Crippen LogP contribution in [0.5, 0.6) is 17.2 Å². The lowest BCUT2D eigenvalue weighted by atomic mass is 10.2. The second-order valence-corrected chi connectivity index (χ2v) is 9.54. The zero-order valence-electron chi connectivity index (χ0n) is 19.8. The summed E-state index contributed by atoms with van der Waals surface area (Å²) in [6, 6.07) is 10.5. The first kappa shape index (κ1) is 26.9. The monoisotopic (exact) mass is 610 g/mol. The first-order chi connectivity index (χ1) is 16.9. The van der Waals surface area contributed by atoms with Gasteiger partial charge in [0.1, 0.15) is 12.3 Å². The molecule has 0 atom stereocenters. The van der Waals surface area contributed by atoms with Crippen molar-refractivity contribution in [3.05, 3.63) is 50.4 Å². The Kier molecular flexibility index (Phi) is 9.84. The number of anilines is 1. The SMILES string of the molecule is CCCOc1c(I)cc(/C=C2\SC(=O)N(CC(=O)Nc3ccc(OCC)cc3)C2=O)cc1OCC. The van der Waals surface area contributed by atoms with Crippen LogP contribution in [-0.4, -0.2) is 48.3 Å². The number of nitrogens with zero attached hydrogens (tertiary/aromatic N) is 1. The number of benzene rings is 2. The van der Waals surface area contributed by atoms with E-state index < -0.39 is 17.1 Å². The van der Waals surface area contributed by atoms with E-state index in [1.165, 1.54) is 0 Å². The van der Waals surface area contributed by atoms with Crippen molar-refractivity contribution < 1.29 is 28.6 Å². The van der Waals surface area contributed by atoms with Gasteiger partial charge in [-0.3, -0.25) is 19.3 Å². The minimum atomic E-state index is -0.513. The van der Waals surface area contributed by atoms with Crippen molar-refractivity contribution in [2.75, 3.05) is 31.7 Å². The highest BCUT2D eigenvalue weighted by atomic mass is 127. The van der Waals surface area contributed by atoms with Crippen molar-refractivity contribution >= 4 is 63.2 Å². The molecule has 2 aromatic rings. The minimum Gasteiger partial charge on any atom is -0.494 e. The van der Waals surface area contributed by atoms with Gasteiger partial charge in [-0.1, -0.05) is 6.92 Å². The van der Waals surface area contributed by atoms with E-state index >= 15 is 0 Å². The molecule has 10 heteroatoms. The Morgan fingerprint density at radius 2 is 1.77 bits per heavy atom. The summed E-state index contributed by atoms with van der Waals surface area (Å²) in [5.41, 5.74) is 1.25. The maximum atomic E-state index is 12.9. The standard InChI is InChI=1S/C25H27IN2O6S/c1-4-11-34-23-19(26)12-16(13-20(23)33-6-3)14-21-24(30)28(25(31)35-21)15-22(29)27-17-7-9-18(10-8-17)32-5-2/h7-10,12-14H,4-6,11,15H2,1-3H3,(H,27,29)/b21-14-. The van der Waals surface area contributed by atoms with Gasteiger partial charge in [-0.05, 0) is 103 Å². The summed E-state index contributed by atoms with van der Waals surface area (Å²) in [4.78, 5) is 39.0. The number of hydrogen-bond donors (Lipinski definition) is 1. The third kappa shape index (κ3) is 7.14. The molecule has 3 rings (SSSR count). The molecule has 0 aliphatic carbocycles. The van der Waals surface area contributed by atoms with Gasteiger partial charge in [0.15, 0.2) is 11.5 Å². The second kappa shape index (κ2) is 12.8. The van der Waals surface area contributed by atoms with Crippen LogP contribution in [0.3, 0.4) is 0 Å². The molecule has 1 fully saturated rings. The number of amides is 3. The maximum Gasteiger partial charge on any atom is 0.294 e. The normalized spacial score (nSPS) is 14.4. The van der Waals surface area contributed by atoms with Crippen molar-refractivity contribution in [3.63, 3.8) is 0 Å². The van der Waals surface area contributed by atoms with Crippen LogP contribution >= 0.6 is 34.4 Å². The summed E-state index contributed by atoms with van der Waals surface area (Å²) in [5, 5.41) is 2.20. The van der Waals surface area contributed by atoms with Crippen LogP contribution in [0.25, 0.3) is 6.08 Å². The van der Waals surface area contributed by atoms with Gasteiger partial charge >= 0.3 is 0 Å². The van der Waals surface area contributed by atoms with Crippen LogP contribution < -0.4 is 19.5 Å². The van der Waals surface area contributed by atoms with Crippen LogP contribution in [-0.2, 0) is 9.59 Å². The molecule has 35 heavy (non-hydrogen) atoms. The molecule has 0 bridgehead atoms. The number of imide groups is 1. The Bertz CT molecular complexity index is 1120. The van der Waals surface area contributed by atoms with Gasteiger partial charge in [-0.25, -0.2) is 0 Å². The summed E-state index contributed by atoms with van der Waals surface area (Å²) < 4.78 is 17.8. The number of nitrogens with one attached hydrogen (secondary N) is 1. The summed E-state index contributed by atoms with van der Waals surface area (Å²) in [7, 11) is 0. The third-order valence-electron chi connectivity index (χ3n) is 4.70. The number of halogens is 1. The van der Waals surface area contributed by atoms with E-state index in [9.17, 15) is 14.4 Å².